The van der Waals surface area contributed by atoms with Gasteiger partial charge in [0, 0.05) is 31.9 Å². The van der Waals surface area contributed by atoms with Crippen molar-refractivity contribution in [2.75, 3.05) is 31.1 Å². The Kier molecular flexibility index (Phi) is 5.20. The van der Waals surface area contributed by atoms with E-state index in [-0.39, 0.29) is 5.91 Å². The van der Waals surface area contributed by atoms with Crippen LogP contribution in [0.3, 0.4) is 0 Å². The molecule has 2 saturated heterocycles. The third kappa shape index (κ3) is 3.71. The molecule has 6 rings (SSSR count). The van der Waals surface area contributed by atoms with Crippen LogP contribution >= 0.6 is 0 Å². The number of aryl methyl sites for hydroxylation is 1. The summed E-state index contributed by atoms with van der Waals surface area (Å²) in [6, 6.07) is 11.5. The van der Waals surface area contributed by atoms with Gasteiger partial charge in [-0.25, -0.2) is 14.3 Å². The first-order chi connectivity index (χ1) is 17.1. The zero-order chi connectivity index (χ0) is 23.9. The van der Waals surface area contributed by atoms with E-state index in [9.17, 15) is 9.59 Å². The maximum Gasteiger partial charge on any atom is 0.415 e. The maximum atomic E-state index is 13.2. The molecular weight excluding hydrogens is 446 g/mol. The Labute approximate surface area is 201 Å². The number of rotatable bonds is 4. The number of piperidine rings is 1. The van der Waals surface area contributed by atoms with Gasteiger partial charge in [0.2, 0.25) is 0 Å². The van der Waals surface area contributed by atoms with E-state index < -0.39 is 6.09 Å². The first kappa shape index (κ1) is 21.3. The third-order valence-corrected chi connectivity index (χ3v) is 6.64. The number of nitrogens with zero attached hydrogens (tertiary/aromatic N) is 7. The van der Waals surface area contributed by atoms with E-state index in [1.807, 2.05) is 48.3 Å². The van der Waals surface area contributed by atoms with Gasteiger partial charge < -0.3 is 9.64 Å². The number of fused-ring (bicyclic) bond motifs is 1. The minimum absolute atomic E-state index is 0.0163. The van der Waals surface area contributed by atoms with Crippen molar-refractivity contribution in [2.45, 2.75) is 19.3 Å². The van der Waals surface area contributed by atoms with Gasteiger partial charge in [-0.2, -0.15) is 10.2 Å². The van der Waals surface area contributed by atoms with Crippen molar-refractivity contribution in [3.8, 4) is 22.6 Å². The van der Waals surface area contributed by atoms with Gasteiger partial charge in [-0.1, -0.05) is 6.07 Å². The lowest BCUT2D eigenvalue weighted by atomic mass is 10.1. The molecule has 0 bridgehead atoms. The van der Waals surface area contributed by atoms with Crippen LogP contribution < -0.4 is 4.90 Å². The van der Waals surface area contributed by atoms with Crippen molar-refractivity contribution in [3.63, 3.8) is 0 Å². The second-order valence-corrected chi connectivity index (χ2v) is 8.82. The summed E-state index contributed by atoms with van der Waals surface area (Å²) in [6.45, 7) is 2.32. The highest BCUT2D eigenvalue weighted by atomic mass is 16.6. The van der Waals surface area contributed by atoms with Crippen LogP contribution in [0.2, 0.25) is 0 Å². The molecule has 0 aromatic carbocycles. The molecule has 0 N–H and O–H groups in total. The lowest BCUT2D eigenvalue weighted by molar-refractivity contribution is 0.0726. The summed E-state index contributed by atoms with van der Waals surface area (Å²) in [7, 11) is 1.85. The minimum Gasteiger partial charge on any atom is -0.447 e. The lowest BCUT2D eigenvalue weighted by Gasteiger charge is -2.26. The van der Waals surface area contributed by atoms with Gasteiger partial charge in [-0.05, 0) is 49.6 Å². The standard InChI is InChI=1S/C25H25N7O3/c1-29-22(8-9-26-29)19-14-17(15-23(28-19)31-12-13-35-25(31)34)20-6-5-7-21-18(16-27-32(20)21)24(33)30-10-3-2-4-11-30/h5-9,14-16H,2-4,10-13H2,1H3. The van der Waals surface area contributed by atoms with Crippen molar-refractivity contribution in [1.82, 2.24) is 29.3 Å². The summed E-state index contributed by atoms with van der Waals surface area (Å²) in [5, 5.41) is 8.86. The highest BCUT2D eigenvalue weighted by Crippen LogP contribution is 2.31. The number of carbonyl (C=O) groups excluding carboxylic acids is 2. The number of anilines is 1. The summed E-state index contributed by atoms with van der Waals surface area (Å²) >= 11 is 0. The molecule has 35 heavy (non-hydrogen) atoms. The molecule has 2 aliphatic heterocycles. The molecule has 2 aliphatic rings. The van der Waals surface area contributed by atoms with E-state index >= 15 is 0 Å². The van der Waals surface area contributed by atoms with E-state index in [2.05, 4.69) is 10.2 Å². The molecule has 0 radical (unpaired) electrons. The fourth-order valence-corrected chi connectivity index (χ4v) is 4.82. The van der Waals surface area contributed by atoms with E-state index in [1.165, 1.54) is 4.90 Å². The highest BCUT2D eigenvalue weighted by Gasteiger charge is 2.27. The van der Waals surface area contributed by atoms with E-state index in [4.69, 9.17) is 9.72 Å². The van der Waals surface area contributed by atoms with Crippen LogP contribution in [0, 0.1) is 0 Å². The number of ether oxygens (including phenoxy) is 1. The Morgan fingerprint density at radius 1 is 1.00 bits per heavy atom. The number of amides is 2. The first-order valence-corrected chi connectivity index (χ1v) is 11.8. The molecule has 0 aliphatic carbocycles. The van der Waals surface area contributed by atoms with Gasteiger partial charge in [0.05, 0.1) is 40.9 Å². The summed E-state index contributed by atoms with van der Waals surface area (Å²) in [4.78, 5) is 33.7. The molecule has 10 nitrogen and oxygen atoms in total. The predicted molar refractivity (Wildman–Crippen MR) is 129 cm³/mol. The molecule has 178 valence electrons. The Hall–Kier alpha value is -4.21. The van der Waals surface area contributed by atoms with Crippen LogP contribution in [-0.2, 0) is 11.8 Å². The smallest absolute Gasteiger partial charge is 0.415 e. The van der Waals surface area contributed by atoms with E-state index in [1.54, 1.807) is 21.6 Å². The van der Waals surface area contributed by atoms with Crippen LogP contribution in [0.5, 0.6) is 0 Å². The van der Waals surface area contributed by atoms with Crippen molar-refractivity contribution >= 4 is 23.3 Å². The number of carbonyl (C=O) groups is 2. The maximum absolute atomic E-state index is 13.2. The van der Waals surface area contributed by atoms with Crippen LogP contribution in [0.25, 0.3) is 28.2 Å². The Morgan fingerprint density at radius 2 is 1.86 bits per heavy atom. The second kappa shape index (κ2) is 8.53. The zero-order valence-electron chi connectivity index (χ0n) is 19.4. The highest BCUT2D eigenvalue weighted by molar-refractivity contribution is 6.01. The molecule has 0 unspecified atom stereocenters. The average Bonchev–Trinajstić information content (AvgIpc) is 3.63. The van der Waals surface area contributed by atoms with E-state index in [0.29, 0.717) is 30.2 Å². The molecule has 0 saturated carbocycles. The Bertz CT molecular complexity index is 1430. The number of hydrogen-bond donors (Lipinski definition) is 0. The Balaban J connectivity index is 1.47. The van der Waals surface area contributed by atoms with Gasteiger partial charge in [0.15, 0.2) is 0 Å². The molecule has 6 heterocycles. The summed E-state index contributed by atoms with van der Waals surface area (Å²) in [5.41, 5.74) is 4.44. The summed E-state index contributed by atoms with van der Waals surface area (Å²) in [5.74, 6) is 0.512. The van der Waals surface area contributed by atoms with Gasteiger partial charge in [-0.3, -0.25) is 14.4 Å². The van der Waals surface area contributed by atoms with Crippen LogP contribution in [0.15, 0.2) is 48.8 Å². The average molecular weight is 472 g/mol. The van der Waals surface area contributed by atoms with Crippen LogP contribution in [0.1, 0.15) is 29.6 Å². The number of aromatic nitrogens is 5. The number of cyclic esters (lactones) is 1. The fourth-order valence-electron chi connectivity index (χ4n) is 4.82. The molecule has 2 fully saturated rings. The SMILES string of the molecule is Cn1nccc1-c1cc(-c2cccc3c(C(=O)N4CCCCC4)cnn23)cc(N2CCOC2=O)n1. The monoisotopic (exact) mass is 471 g/mol. The van der Waals surface area contributed by atoms with Crippen molar-refractivity contribution in [2.24, 2.45) is 7.05 Å². The second-order valence-electron chi connectivity index (χ2n) is 8.82. The van der Waals surface area contributed by atoms with Crippen LogP contribution in [-0.4, -0.2) is 67.5 Å². The van der Waals surface area contributed by atoms with Gasteiger partial charge in [0.1, 0.15) is 12.4 Å². The summed E-state index contributed by atoms with van der Waals surface area (Å²) < 4.78 is 8.67. The third-order valence-electron chi connectivity index (χ3n) is 6.64. The fraction of sp³-hybridized carbons (Fsp3) is 0.320. The molecule has 0 atom stereocenters. The number of pyridine rings is 2. The number of hydrogen-bond acceptors (Lipinski definition) is 6. The molecule has 4 aromatic heterocycles. The molecule has 2 amide bonds. The quantitative estimate of drug-likeness (QED) is 0.453. The van der Waals surface area contributed by atoms with E-state index in [0.717, 1.165) is 54.8 Å². The van der Waals surface area contributed by atoms with Crippen molar-refractivity contribution in [3.05, 3.63) is 54.4 Å². The molecule has 0 spiro atoms. The number of likely N-dealkylation sites (tertiary alicyclic amines) is 1. The lowest BCUT2D eigenvalue weighted by Crippen LogP contribution is -2.35. The Morgan fingerprint density at radius 3 is 2.60 bits per heavy atom. The minimum atomic E-state index is -0.419. The van der Waals surface area contributed by atoms with Crippen molar-refractivity contribution in [1.29, 1.82) is 0 Å². The molecular formula is C25H25N7O3. The predicted octanol–water partition coefficient (Wildman–Crippen LogP) is 3.38. The van der Waals surface area contributed by atoms with Gasteiger partial charge in [-0.15, -0.1) is 0 Å². The van der Waals surface area contributed by atoms with Gasteiger partial charge >= 0.3 is 6.09 Å². The summed E-state index contributed by atoms with van der Waals surface area (Å²) in [6.07, 6.45) is 6.17. The topological polar surface area (TPSA) is 97.9 Å². The van der Waals surface area contributed by atoms with Crippen LogP contribution in [0.4, 0.5) is 10.6 Å². The largest absolute Gasteiger partial charge is 0.447 e. The zero-order valence-corrected chi connectivity index (χ0v) is 19.4. The first-order valence-electron chi connectivity index (χ1n) is 11.8. The normalized spacial score (nSPS) is 16.2. The van der Waals surface area contributed by atoms with Crippen molar-refractivity contribution < 1.29 is 14.3 Å². The van der Waals surface area contributed by atoms with Gasteiger partial charge in [0.25, 0.3) is 5.91 Å². The molecule has 4 aromatic rings. The molecule has 10 heteroatoms.